The maximum Gasteiger partial charge on any atom is 0.220 e. The third kappa shape index (κ3) is 3.52. The number of carbonyl (C=O) groups excluding carboxylic acids is 1. The monoisotopic (exact) mass is 316 g/mol. The van der Waals surface area contributed by atoms with Crippen LogP contribution in [-0.4, -0.2) is 40.3 Å². The molecule has 3 heterocycles. The minimum atomic E-state index is 0.0902. The van der Waals surface area contributed by atoms with Crippen LogP contribution in [0.25, 0.3) is 5.65 Å². The lowest BCUT2D eigenvalue weighted by Crippen LogP contribution is -2.29. The van der Waals surface area contributed by atoms with E-state index in [0.29, 0.717) is 25.3 Å². The summed E-state index contributed by atoms with van der Waals surface area (Å²) in [5.41, 5.74) is 4.98. The molecule has 0 spiro atoms. The molecule has 1 saturated heterocycles. The van der Waals surface area contributed by atoms with Crippen LogP contribution in [0, 0.1) is 26.7 Å². The van der Waals surface area contributed by atoms with Crippen molar-refractivity contribution in [2.75, 3.05) is 19.8 Å². The lowest BCUT2D eigenvalue weighted by molar-refractivity contribution is -0.121. The van der Waals surface area contributed by atoms with Crippen LogP contribution in [0.2, 0.25) is 0 Å². The van der Waals surface area contributed by atoms with Crippen molar-refractivity contribution in [1.82, 2.24) is 19.9 Å². The molecular weight excluding hydrogens is 292 g/mol. The fraction of sp³-hybridized carbons (Fsp3) is 0.588. The predicted molar refractivity (Wildman–Crippen MR) is 87.5 cm³/mol. The lowest BCUT2D eigenvalue weighted by atomic mass is 10.1. The van der Waals surface area contributed by atoms with Gasteiger partial charge in [0.1, 0.15) is 0 Å². The molecule has 1 aliphatic rings. The summed E-state index contributed by atoms with van der Waals surface area (Å²) in [6.07, 6.45) is 2.20. The number of rotatable bonds is 5. The van der Waals surface area contributed by atoms with E-state index in [2.05, 4.69) is 15.4 Å². The Hall–Kier alpha value is -1.95. The second-order valence-corrected chi connectivity index (χ2v) is 6.35. The van der Waals surface area contributed by atoms with Gasteiger partial charge in [0.15, 0.2) is 5.65 Å². The number of aromatic nitrogens is 3. The number of amides is 1. The first-order valence-electron chi connectivity index (χ1n) is 8.21. The molecule has 3 rings (SSSR count). The highest BCUT2D eigenvalue weighted by Gasteiger charge is 2.17. The summed E-state index contributed by atoms with van der Waals surface area (Å²) in [6.45, 7) is 8.29. The van der Waals surface area contributed by atoms with E-state index in [4.69, 9.17) is 4.74 Å². The summed E-state index contributed by atoms with van der Waals surface area (Å²) >= 11 is 0. The summed E-state index contributed by atoms with van der Waals surface area (Å²) in [4.78, 5) is 16.7. The summed E-state index contributed by atoms with van der Waals surface area (Å²) in [7, 11) is 0. The van der Waals surface area contributed by atoms with E-state index in [1.54, 1.807) is 0 Å². The quantitative estimate of drug-likeness (QED) is 0.912. The zero-order chi connectivity index (χ0) is 16.4. The van der Waals surface area contributed by atoms with Gasteiger partial charge in [0.05, 0.1) is 12.3 Å². The summed E-state index contributed by atoms with van der Waals surface area (Å²) in [5.74, 6) is 0.555. The average molecular weight is 316 g/mol. The molecule has 6 nitrogen and oxygen atoms in total. The van der Waals surface area contributed by atoms with Gasteiger partial charge in [-0.3, -0.25) is 4.79 Å². The maximum absolute atomic E-state index is 12.1. The largest absolute Gasteiger partial charge is 0.381 e. The van der Waals surface area contributed by atoms with Crippen LogP contribution in [0.3, 0.4) is 0 Å². The van der Waals surface area contributed by atoms with Crippen LogP contribution in [0.5, 0.6) is 0 Å². The van der Waals surface area contributed by atoms with Gasteiger partial charge in [-0.05, 0) is 39.2 Å². The Morgan fingerprint density at radius 2 is 2.26 bits per heavy atom. The molecule has 0 bridgehead atoms. The van der Waals surface area contributed by atoms with Crippen LogP contribution in [0.4, 0.5) is 0 Å². The van der Waals surface area contributed by atoms with Crippen molar-refractivity contribution in [3.05, 3.63) is 28.7 Å². The second kappa shape index (κ2) is 6.66. The van der Waals surface area contributed by atoms with E-state index >= 15 is 0 Å². The Morgan fingerprint density at radius 1 is 1.43 bits per heavy atom. The van der Waals surface area contributed by atoms with Crippen molar-refractivity contribution in [2.45, 2.75) is 40.0 Å². The van der Waals surface area contributed by atoms with Crippen LogP contribution < -0.4 is 5.32 Å². The highest BCUT2D eigenvalue weighted by molar-refractivity contribution is 5.76. The first kappa shape index (κ1) is 15.9. The van der Waals surface area contributed by atoms with Crippen LogP contribution in [0.1, 0.15) is 35.5 Å². The Morgan fingerprint density at radius 3 is 3.00 bits per heavy atom. The molecule has 0 radical (unpaired) electrons. The minimum absolute atomic E-state index is 0.0902. The fourth-order valence-corrected chi connectivity index (χ4v) is 3.13. The number of nitrogens with zero attached hydrogens (tertiary/aromatic N) is 3. The normalized spacial score (nSPS) is 17.8. The summed E-state index contributed by atoms with van der Waals surface area (Å²) in [6, 6.07) is 1.97. The van der Waals surface area contributed by atoms with Gasteiger partial charge in [-0.15, -0.1) is 0 Å². The zero-order valence-corrected chi connectivity index (χ0v) is 14.1. The summed E-state index contributed by atoms with van der Waals surface area (Å²) < 4.78 is 7.19. The third-order valence-electron chi connectivity index (χ3n) is 4.50. The number of hydrogen-bond donors (Lipinski definition) is 1. The summed E-state index contributed by atoms with van der Waals surface area (Å²) in [5, 5.41) is 7.48. The minimum Gasteiger partial charge on any atom is -0.381 e. The fourth-order valence-electron chi connectivity index (χ4n) is 3.13. The SMILES string of the molecule is Cc1cc2nc(C)c(CCC(=O)NC[C@H]3CCOC3)c(C)n2n1. The molecule has 2 aromatic rings. The van der Waals surface area contributed by atoms with Gasteiger partial charge in [0.25, 0.3) is 0 Å². The van der Waals surface area contributed by atoms with Crippen molar-refractivity contribution in [3.8, 4) is 0 Å². The van der Waals surface area contributed by atoms with Gasteiger partial charge in [-0.1, -0.05) is 0 Å². The number of fused-ring (bicyclic) bond motifs is 1. The lowest BCUT2D eigenvalue weighted by Gasteiger charge is -2.12. The highest BCUT2D eigenvalue weighted by Crippen LogP contribution is 2.17. The number of nitrogens with one attached hydrogen (secondary N) is 1. The zero-order valence-electron chi connectivity index (χ0n) is 14.1. The van der Waals surface area contributed by atoms with Gasteiger partial charge in [-0.25, -0.2) is 9.50 Å². The van der Waals surface area contributed by atoms with Crippen LogP contribution in [-0.2, 0) is 16.0 Å². The van der Waals surface area contributed by atoms with Crippen LogP contribution in [0.15, 0.2) is 6.07 Å². The van der Waals surface area contributed by atoms with Crippen LogP contribution >= 0.6 is 0 Å². The van der Waals surface area contributed by atoms with E-state index < -0.39 is 0 Å². The molecule has 1 amide bonds. The van der Waals surface area contributed by atoms with E-state index in [1.165, 1.54) is 0 Å². The van der Waals surface area contributed by atoms with Gasteiger partial charge < -0.3 is 10.1 Å². The Kier molecular flexibility index (Phi) is 4.61. The van der Waals surface area contributed by atoms with E-state index in [-0.39, 0.29) is 5.91 Å². The van der Waals surface area contributed by atoms with Crippen molar-refractivity contribution < 1.29 is 9.53 Å². The van der Waals surface area contributed by atoms with Crippen molar-refractivity contribution in [3.63, 3.8) is 0 Å². The van der Waals surface area contributed by atoms with Gasteiger partial charge in [-0.2, -0.15) is 5.10 Å². The molecule has 0 unspecified atom stereocenters. The number of ether oxygens (including phenoxy) is 1. The molecule has 6 heteroatoms. The highest BCUT2D eigenvalue weighted by atomic mass is 16.5. The Balaban J connectivity index is 1.63. The molecular formula is C17H24N4O2. The molecule has 0 saturated carbocycles. The number of carbonyl (C=O) groups is 1. The van der Waals surface area contributed by atoms with Crippen molar-refractivity contribution >= 4 is 11.6 Å². The van der Waals surface area contributed by atoms with Gasteiger partial charge >= 0.3 is 0 Å². The molecule has 1 aliphatic heterocycles. The molecule has 0 aromatic carbocycles. The van der Waals surface area contributed by atoms with E-state index in [1.807, 2.05) is 31.4 Å². The predicted octanol–water partition coefficient (Wildman–Crippen LogP) is 1.74. The van der Waals surface area contributed by atoms with Gasteiger partial charge in [0, 0.05) is 42.9 Å². The maximum atomic E-state index is 12.1. The molecule has 0 aliphatic carbocycles. The molecule has 23 heavy (non-hydrogen) atoms. The Bertz CT molecular complexity index is 717. The second-order valence-electron chi connectivity index (χ2n) is 6.35. The van der Waals surface area contributed by atoms with Gasteiger partial charge in [0.2, 0.25) is 5.91 Å². The number of aryl methyl sites for hydroxylation is 3. The Labute approximate surface area is 136 Å². The molecule has 2 aromatic heterocycles. The number of hydrogen-bond acceptors (Lipinski definition) is 4. The molecule has 124 valence electrons. The van der Waals surface area contributed by atoms with E-state index in [9.17, 15) is 4.79 Å². The molecule has 1 fully saturated rings. The van der Waals surface area contributed by atoms with E-state index in [0.717, 1.165) is 47.9 Å². The first-order chi connectivity index (χ1) is 11.0. The molecule has 1 atom stereocenters. The third-order valence-corrected chi connectivity index (χ3v) is 4.50. The first-order valence-corrected chi connectivity index (χ1v) is 8.21. The molecule has 1 N–H and O–H groups in total. The van der Waals surface area contributed by atoms with Crippen molar-refractivity contribution in [2.24, 2.45) is 5.92 Å². The standard InChI is InChI=1S/C17H24N4O2/c1-11-8-16-19-12(2)15(13(3)21(16)20-11)4-5-17(22)18-9-14-6-7-23-10-14/h8,14H,4-7,9-10H2,1-3H3,(H,18,22)/t14-/m1/s1. The topological polar surface area (TPSA) is 68.5 Å². The smallest absolute Gasteiger partial charge is 0.220 e. The average Bonchev–Trinajstić information content (AvgIpc) is 3.14. The van der Waals surface area contributed by atoms with Crippen molar-refractivity contribution in [1.29, 1.82) is 0 Å².